The Labute approximate surface area is 145 Å². The zero-order chi connectivity index (χ0) is 16.8. The van der Waals surface area contributed by atoms with Gasteiger partial charge in [0.15, 0.2) is 0 Å². The molecule has 0 aromatic heterocycles. The minimum atomic E-state index is 0.0803. The molecule has 0 radical (unpaired) electrons. The van der Waals surface area contributed by atoms with Crippen LogP contribution in [0.2, 0.25) is 0 Å². The summed E-state index contributed by atoms with van der Waals surface area (Å²) < 4.78 is 11.8. The maximum Gasteiger partial charge on any atom is 0.125 e. The molecule has 1 aliphatic heterocycles. The fraction of sp³-hybridized carbons (Fsp3) is 0.429. The Morgan fingerprint density at radius 2 is 1.71 bits per heavy atom. The van der Waals surface area contributed by atoms with Crippen LogP contribution in [0.25, 0.3) is 0 Å². The van der Waals surface area contributed by atoms with E-state index in [0.29, 0.717) is 0 Å². The van der Waals surface area contributed by atoms with Crippen LogP contribution in [0.5, 0.6) is 5.75 Å². The normalized spacial score (nSPS) is 16.8. The molecular formula is C21H27NO2. The van der Waals surface area contributed by atoms with Crippen LogP contribution < -0.4 is 4.74 Å². The Morgan fingerprint density at radius 3 is 2.42 bits per heavy atom. The molecule has 1 fully saturated rings. The van der Waals surface area contributed by atoms with E-state index in [0.717, 1.165) is 45.0 Å². The molecule has 3 nitrogen and oxygen atoms in total. The quantitative estimate of drug-likeness (QED) is 0.796. The van der Waals surface area contributed by atoms with Crippen LogP contribution in [-0.4, -0.2) is 37.7 Å². The molecule has 0 aliphatic carbocycles. The van der Waals surface area contributed by atoms with Gasteiger partial charge < -0.3 is 9.47 Å². The van der Waals surface area contributed by atoms with E-state index in [1.807, 2.05) is 0 Å². The SMILES string of the molecule is Cc1ccc(OC(CCN2CCOCC2)c2ccccc2C)cc1. The van der Waals surface area contributed by atoms with E-state index in [4.69, 9.17) is 9.47 Å². The second-order valence-electron chi connectivity index (χ2n) is 6.52. The van der Waals surface area contributed by atoms with Crippen molar-refractivity contribution in [1.82, 2.24) is 4.90 Å². The molecule has 0 amide bonds. The molecule has 1 saturated heterocycles. The lowest BCUT2D eigenvalue weighted by Crippen LogP contribution is -2.37. The average Bonchev–Trinajstić information content (AvgIpc) is 2.62. The lowest BCUT2D eigenvalue weighted by molar-refractivity contribution is 0.0317. The molecule has 0 bridgehead atoms. The molecule has 0 N–H and O–H groups in total. The summed E-state index contributed by atoms with van der Waals surface area (Å²) in [5.74, 6) is 0.941. The van der Waals surface area contributed by atoms with Crippen LogP contribution in [0.15, 0.2) is 48.5 Å². The first-order chi connectivity index (χ1) is 11.7. The second-order valence-corrected chi connectivity index (χ2v) is 6.52. The third-order valence-electron chi connectivity index (χ3n) is 4.65. The first-order valence-corrected chi connectivity index (χ1v) is 8.81. The summed E-state index contributed by atoms with van der Waals surface area (Å²) in [6, 6.07) is 16.9. The van der Waals surface area contributed by atoms with Crippen LogP contribution in [-0.2, 0) is 4.74 Å². The largest absolute Gasteiger partial charge is 0.486 e. The number of morpholine rings is 1. The minimum absolute atomic E-state index is 0.0803. The Hall–Kier alpha value is -1.84. The molecule has 1 unspecified atom stereocenters. The van der Waals surface area contributed by atoms with Crippen LogP contribution in [0, 0.1) is 13.8 Å². The number of rotatable bonds is 6. The molecule has 1 aliphatic rings. The molecule has 2 aromatic carbocycles. The zero-order valence-electron chi connectivity index (χ0n) is 14.7. The molecule has 3 rings (SSSR count). The van der Waals surface area contributed by atoms with Crippen molar-refractivity contribution >= 4 is 0 Å². The summed E-state index contributed by atoms with van der Waals surface area (Å²) in [6.07, 6.45) is 1.07. The molecule has 0 spiro atoms. The Kier molecular flexibility index (Phi) is 5.89. The van der Waals surface area contributed by atoms with E-state index in [-0.39, 0.29) is 6.10 Å². The van der Waals surface area contributed by atoms with E-state index >= 15 is 0 Å². The third kappa shape index (κ3) is 4.59. The van der Waals surface area contributed by atoms with Crippen molar-refractivity contribution in [3.05, 3.63) is 65.2 Å². The van der Waals surface area contributed by atoms with Gasteiger partial charge in [0.25, 0.3) is 0 Å². The number of hydrogen-bond donors (Lipinski definition) is 0. The smallest absolute Gasteiger partial charge is 0.125 e. The van der Waals surface area contributed by atoms with Gasteiger partial charge in [-0.25, -0.2) is 0 Å². The number of aryl methyl sites for hydroxylation is 2. The van der Waals surface area contributed by atoms with E-state index in [1.165, 1.54) is 16.7 Å². The molecule has 0 saturated carbocycles. The van der Waals surface area contributed by atoms with E-state index in [9.17, 15) is 0 Å². The van der Waals surface area contributed by atoms with Crippen molar-refractivity contribution in [2.75, 3.05) is 32.8 Å². The summed E-state index contributed by atoms with van der Waals surface area (Å²) in [4.78, 5) is 2.47. The maximum absolute atomic E-state index is 6.37. The number of ether oxygens (including phenoxy) is 2. The molecule has 2 aromatic rings. The Bertz CT molecular complexity index is 633. The van der Waals surface area contributed by atoms with Gasteiger partial charge >= 0.3 is 0 Å². The lowest BCUT2D eigenvalue weighted by Gasteiger charge is -2.29. The maximum atomic E-state index is 6.37. The average molecular weight is 325 g/mol. The van der Waals surface area contributed by atoms with Crippen molar-refractivity contribution in [3.63, 3.8) is 0 Å². The van der Waals surface area contributed by atoms with Crippen LogP contribution in [0.4, 0.5) is 0 Å². The van der Waals surface area contributed by atoms with Crippen molar-refractivity contribution < 1.29 is 9.47 Å². The predicted molar refractivity (Wildman–Crippen MR) is 97.6 cm³/mol. The first kappa shape index (κ1) is 17.0. The Balaban J connectivity index is 1.72. The fourth-order valence-corrected chi connectivity index (χ4v) is 3.13. The van der Waals surface area contributed by atoms with Crippen molar-refractivity contribution in [1.29, 1.82) is 0 Å². The highest BCUT2D eigenvalue weighted by molar-refractivity contribution is 5.31. The summed E-state index contributed by atoms with van der Waals surface area (Å²) in [7, 11) is 0. The number of hydrogen-bond acceptors (Lipinski definition) is 3. The topological polar surface area (TPSA) is 21.7 Å². The monoisotopic (exact) mass is 325 g/mol. The fourth-order valence-electron chi connectivity index (χ4n) is 3.13. The van der Waals surface area contributed by atoms with Gasteiger partial charge in [0, 0.05) is 26.1 Å². The summed E-state index contributed by atoms with van der Waals surface area (Å²) in [6.45, 7) is 9.02. The van der Waals surface area contributed by atoms with E-state index in [2.05, 4.69) is 67.3 Å². The standard InChI is InChI=1S/C21H27NO2/c1-17-7-9-19(10-8-17)24-21(20-6-4-3-5-18(20)2)11-12-22-13-15-23-16-14-22/h3-10,21H,11-16H2,1-2H3. The highest BCUT2D eigenvalue weighted by atomic mass is 16.5. The number of nitrogens with zero attached hydrogens (tertiary/aromatic N) is 1. The number of benzene rings is 2. The van der Waals surface area contributed by atoms with Crippen molar-refractivity contribution in [3.8, 4) is 5.75 Å². The molecular weight excluding hydrogens is 298 g/mol. The van der Waals surface area contributed by atoms with E-state index < -0.39 is 0 Å². The van der Waals surface area contributed by atoms with Crippen molar-refractivity contribution in [2.24, 2.45) is 0 Å². The van der Waals surface area contributed by atoms with Gasteiger partial charge in [-0.2, -0.15) is 0 Å². The highest BCUT2D eigenvalue weighted by Crippen LogP contribution is 2.27. The molecule has 1 atom stereocenters. The van der Waals surface area contributed by atoms with Gasteiger partial charge in [-0.05, 0) is 37.1 Å². The molecule has 128 valence electrons. The minimum Gasteiger partial charge on any atom is -0.486 e. The summed E-state index contributed by atoms with van der Waals surface area (Å²) >= 11 is 0. The van der Waals surface area contributed by atoms with Gasteiger partial charge in [0.05, 0.1) is 13.2 Å². The van der Waals surface area contributed by atoms with Gasteiger partial charge in [-0.3, -0.25) is 4.90 Å². The second kappa shape index (κ2) is 8.32. The van der Waals surface area contributed by atoms with Crippen LogP contribution in [0.3, 0.4) is 0 Å². The predicted octanol–water partition coefficient (Wildman–Crippen LogP) is 4.15. The highest BCUT2D eigenvalue weighted by Gasteiger charge is 2.18. The summed E-state index contributed by atoms with van der Waals surface area (Å²) in [5, 5.41) is 0. The Morgan fingerprint density at radius 1 is 1.00 bits per heavy atom. The third-order valence-corrected chi connectivity index (χ3v) is 4.65. The van der Waals surface area contributed by atoms with Gasteiger partial charge in [-0.15, -0.1) is 0 Å². The van der Waals surface area contributed by atoms with Gasteiger partial charge in [0.1, 0.15) is 11.9 Å². The lowest BCUT2D eigenvalue weighted by atomic mass is 10.0. The van der Waals surface area contributed by atoms with Crippen LogP contribution >= 0.6 is 0 Å². The van der Waals surface area contributed by atoms with Crippen molar-refractivity contribution in [2.45, 2.75) is 26.4 Å². The van der Waals surface area contributed by atoms with Gasteiger partial charge in [-0.1, -0.05) is 42.0 Å². The zero-order valence-corrected chi connectivity index (χ0v) is 14.7. The first-order valence-electron chi connectivity index (χ1n) is 8.81. The van der Waals surface area contributed by atoms with Crippen LogP contribution in [0.1, 0.15) is 29.2 Å². The van der Waals surface area contributed by atoms with Gasteiger partial charge in [0.2, 0.25) is 0 Å². The molecule has 1 heterocycles. The van der Waals surface area contributed by atoms with E-state index in [1.54, 1.807) is 0 Å². The summed E-state index contributed by atoms with van der Waals surface area (Å²) in [5.41, 5.74) is 3.83. The molecule has 3 heteroatoms. The molecule has 24 heavy (non-hydrogen) atoms.